The van der Waals surface area contributed by atoms with Gasteiger partial charge in [0.1, 0.15) is 0 Å². The van der Waals surface area contributed by atoms with Gasteiger partial charge in [-0.15, -0.1) is 0 Å². The molecule has 1 fully saturated rings. The third-order valence-electron chi connectivity index (χ3n) is 5.30. The van der Waals surface area contributed by atoms with Gasteiger partial charge in [-0.3, -0.25) is 9.59 Å². The maximum atomic E-state index is 12.7. The van der Waals surface area contributed by atoms with Crippen molar-refractivity contribution in [2.75, 3.05) is 5.32 Å². The molecule has 0 aromatic heterocycles. The van der Waals surface area contributed by atoms with Gasteiger partial charge >= 0.3 is 6.18 Å². The lowest BCUT2D eigenvalue weighted by atomic mass is 9.96. The Morgan fingerprint density at radius 1 is 0.967 bits per heavy atom. The van der Waals surface area contributed by atoms with Crippen molar-refractivity contribution in [1.82, 2.24) is 5.32 Å². The van der Waals surface area contributed by atoms with E-state index >= 15 is 0 Å². The second-order valence-electron chi connectivity index (χ2n) is 7.90. The van der Waals surface area contributed by atoms with Crippen LogP contribution >= 0.6 is 0 Å². The molecule has 4 nitrogen and oxygen atoms in total. The molecule has 1 aliphatic carbocycles. The van der Waals surface area contributed by atoms with Crippen LogP contribution in [0.4, 0.5) is 18.9 Å². The maximum Gasteiger partial charge on any atom is 0.416 e. The number of hydrogen-bond acceptors (Lipinski definition) is 2. The zero-order valence-electron chi connectivity index (χ0n) is 16.9. The first-order valence-corrected chi connectivity index (χ1v) is 10.0. The van der Waals surface area contributed by atoms with Gasteiger partial charge in [0.25, 0.3) is 0 Å². The number of carbonyl (C=O) groups excluding carboxylic acids is 2. The number of rotatable bonds is 7. The molecule has 0 radical (unpaired) electrons. The van der Waals surface area contributed by atoms with Gasteiger partial charge in [0.2, 0.25) is 11.8 Å². The molecule has 2 aromatic carbocycles. The quantitative estimate of drug-likeness (QED) is 0.630. The van der Waals surface area contributed by atoms with Gasteiger partial charge in [-0.25, -0.2) is 0 Å². The van der Waals surface area contributed by atoms with E-state index in [1.807, 2.05) is 38.1 Å². The molecular formula is C23H25F3N2O2. The van der Waals surface area contributed by atoms with Crippen LogP contribution in [-0.2, 0) is 15.8 Å². The van der Waals surface area contributed by atoms with Gasteiger partial charge in [0, 0.05) is 18.0 Å². The number of halogens is 3. The molecule has 0 bridgehead atoms. The Bertz CT molecular complexity index is 888. The summed E-state index contributed by atoms with van der Waals surface area (Å²) in [6.45, 7) is 3.67. The van der Waals surface area contributed by atoms with Gasteiger partial charge in [-0.2, -0.15) is 13.2 Å². The first kappa shape index (κ1) is 21.9. The number of carbonyl (C=O) groups is 2. The Kier molecular flexibility index (Phi) is 6.48. The van der Waals surface area contributed by atoms with Crippen molar-refractivity contribution >= 4 is 17.5 Å². The van der Waals surface area contributed by atoms with E-state index in [-0.39, 0.29) is 36.1 Å². The molecule has 0 spiro atoms. The first-order valence-electron chi connectivity index (χ1n) is 10.0. The van der Waals surface area contributed by atoms with Crippen molar-refractivity contribution in [3.63, 3.8) is 0 Å². The van der Waals surface area contributed by atoms with Crippen LogP contribution in [0.5, 0.6) is 0 Å². The molecule has 160 valence electrons. The summed E-state index contributed by atoms with van der Waals surface area (Å²) in [6, 6.07) is 12.0. The average Bonchev–Trinajstić information content (AvgIpc) is 3.53. The largest absolute Gasteiger partial charge is 0.416 e. The average molecular weight is 418 g/mol. The molecule has 2 unspecified atom stereocenters. The summed E-state index contributed by atoms with van der Waals surface area (Å²) in [5.41, 5.74) is 1.61. The normalized spacial score (nSPS) is 15.9. The van der Waals surface area contributed by atoms with Crippen LogP contribution in [0.3, 0.4) is 0 Å². The van der Waals surface area contributed by atoms with Crippen molar-refractivity contribution in [3.05, 3.63) is 65.2 Å². The molecule has 1 saturated carbocycles. The molecule has 2 N–H and O–H groups in total. The number of benzene rings is 2. The molecular weight excluding hydrogens is 393 g/mol. The number of amides is 2. The zero-order valence-corrected chi connectivity index (χ0v) is 16.9. The molecule has 30 heavy (non-hydrogen) atoms. The van der Waals surface area contributed by atoms with E-state index in [2.05, 4.69) is 10.6 Å². The van der Waals surface area contributed by atoms with Crippen LogP contribution in [-0.4, -0.2) is 11.8 Å². The topological polar surface area (TPSA) is 58.2 Å². The van der Waals surface area contributed by atoms with Gasteiger partial charge in [-0.05, 0) is 61.1 Å². The molecule has 2 amide bonds. The number of alkyl halides is 3. The van der Waals surface area contributed by atoms with E-state index in [9.17, 15) is 22.8 Å². The highest BCUT2D eigenvalue weighted by atomic mass is 19.4. The predicted octanol–water partition coefficient (Wildman–Crippen LogP) is 5.42. The van der Waals surface area contributed by atoms with Gasteiger partial charge in [-0.1, -0.05) is 31.2 Å². The van der Waals surface area contributed by atoms with Crippen LogP contribution in [0.1, 0.15) is 61.8 Å². The SMILES string of the molecule is CC(CC(=O)NC(C)c1ccc(NC(=O)C2CC2)cc1)c1ccc(C(F)(F)F)cc1. The van der Waals surface area contributed by atoms with Gasteiger partial charge in [0.05, 0.1) is 11.6 Å². The number of nitrogens with one attached hydrogen (secondary N) is 2. The van der Waals surface area contributed by atoms with Gasteiger partial charge < -0.3 is 10.6 Å². The highest BCUT2D eigenvalue weighted by Gasteiger charge is 2.30. The lowest BCUT2D eigenvalue weighted by Gasteiger charge is -2.18. The fourth-order valence-electron chi connectivity index (χ4n) is 3.23. The van der Waals surface area contributed by atoms with E-state index < -0.39 is 11.7 Å². The fraction of sp³-hybridized carbons (Fsp3) is 0.391. The molecule has 7 heteroatoms. The van der Waals surface area contributed by atoms with Crippen molar-refractivity contribution < 1.29 is 22.8 Å². The highest BCUT2D eigenvalue weighted by Crippen LogP contribution is 2.31. The monoisotopic (exact) mass is 418 g/mol. The molecule has 2 aromatic rings. The molecule has 1 aliphatic rings. The molecule has 3 rings (SSSR count). The lowest BCUT2D eigenvalue weighted by molar-refractivity contribution is -0.137. The van der Waals surface area contributed by atoms with Gasteiger partial charge in [0.15, 0.2) is 0 Å². The van der Waals surface area contributed by atoms with E-state index in [1.165, 1.54) is 12.1 Å². The van der Waals surface area contributed by atoms with Crippen molar-refractivity contribution in [1.29, 1.82) is 0 Å². The highest BCUT2D eigenvalue weighted by molar-refractivity contribution is 5.94. The van der Waals surface area contributed by atoms with Crippen molar-refractivity contribution in [2.45, 2.75) is 51.2 Å². The summed E-state index contributed by atoms with van der Waals surface area (Å²) < 4.78 is 38.0. The first-order chi connectivity index (χ1) is 14.1. The Balaban J connectivity index is 1.51. The summed E-state index contributed by atoms with van der Waals surface area (Å²) >= 11 is 0. The van der Waals surface area contributed by atoms with Crippen molar-refractivity contribution in [3.8, 4) is 0 Å². The standard InChI is InChI=1S/C23H25F3N2O2/c1-14(16-5-9-19(10-6-16)23(24,25)26)13-21(29)27-15(2)17-7-11-20(12-8-17)28-22(30)18-3-4-18/h5-12,14-15,18H,3-4,13H2,1-2H3,(H,27,29)(H,28,30). The van der Waals surface area contributed by atoms with Crippen LogP contribution in [0.25, 0.3) is 0 Å². The van der Waals surface area contributed by atoms with E-state index in [0.29, 0.717) is 5.56 Å². The van der Waals surface area contributed by atoms with Crippen LogP contribution in [0.15, 0.2) is 48.5 Å². The second kappa shape index (κ2) is 8.90. The summed E-state index contributed by atoms with van der Waals surface area (Å²) in [5.74, 6) is -0.212. The fourth-order valence-corrected chi connectivity index (χ4v) is 3.23. The number of anilines is 1. The summed E-state index contributed by atoms with van der Waals surface area (Å²) in [5, 5.41) is 5.79. The maximum absolute atomic E-state index is 12.7. The van der Waals surface area contributed by atoms with Crippen LogP contribution in [0, 0.1) is 5.92 Å². The second-order valence-corrected chi connectivity index (χ2v) is 7.90. The third kappa shape index (κ3) is 5.84. The molecule has 0 aliphatic heterocycles. The molecule has 0 heterocycles. The van der Waals surface area contributed by atoms with Crippen LogP contribution in [0.2, 0.25) is 0 Å². The van der Waals surface area contributed by atoms with Crippen molar-refractivity contribution in [2.24, 2.45) is 5.92 Å². The number of hydrogen-bond donors (Lipinski definition) is 2. The summed E-state index contributed by atoms with van der Waals surface area (Å²) in [7, 11) is 0. The van der Waals surface area contributed by atoms with E-state index in [0.717, 1.165) is 36.2 Å². The minimum Gasteiger partial charge on any atom is -0.350 e. The predicted molar refractivity (Wildman–Crippen MR) is 109 cm³/mol. The smallest absolute Gasteiger partial charge is 0.350 e. The third-order valence-corrected chi connectivity index (χ3v) is 5.30. The Morgan fingerprint density at radius 2 is 1.53 bits per heavy atom. The molecule has 2 atom stereocenters. The zero-order chi connectivity index (χ0) is 21.9. The summed E-state index contributed by atoms with van der Waals surface area (Å²) in [6.07, 6.45) is -2.31. The van der Waals surface area contributed by atoms with Crippen LogP contribution < -0.4 is 10.6 Å². The Morgan fingerprint density at radius 3 is 2.07 bits per heavy atom. The molecule has 0 saturated heterocycles. The minimum atomic E-state index is -4.37. The lowest BCUT2D eigenvalue weighted by Crippen LogP contribution is -2.27. The Hall–Kier alpha value is -2.83. The van der Waals surface area contributed by atoms with E-state index in [4.69, 9.17) is 0 Å². The summed E-state index contributed by atoms with van der Waals surface area (Å²) in [4.78, 5) is 24.2. The van der Waals surface area contributed by atoms with E-state index in [1.54, 1.807) is 0 Å². The minimum absolute atomic E-state index is 0.0429. The Labute approximate surface area is 173 Å².